The van der Waals surface area contributed by atoms with E-state index in [2.05, 4.69) is 0 Å². The van der Waals surface area contributed by atoms with Crippen LogP contribution in [0.4, 0.5) is 5.69 Å². The maximum atomic E-state index is 13.2. The number of ether oxygens (including phenoxy) is 1. The number of fused-ring (bicyclic) bond motifs is 1. The molecule has 40 heavy (non-hydrogen) atoms. The summed E-state index contributed by atoms with van der Waals surface area (Å²) >= 11 is 2.71. The number of aliphatic hydroxyl groups is 1. The van der Waals surface area contributed by atoms with E-state index in [9.17, 15) is 34.7 Å². The lowest BCUT2D eigenvalue weighted by molar-refractivity contribution is -0.385. The fourth-order valence-corrected chi connectivity index (χ4v) is 8.45. The molecule has 5 rings (SSSR count). The Hall–Kier alpha value is -3.39. The zero-order valence-electron chi connectivity index (χ0n) is 21.5. The summed E-state index contributed by atoms with van der Waals surface area (Å²) in [6.45, 7) is 2.82. The Morgan fingerprint density at radius 2 is 1.95 bits per heavy atom. The molecule has 0 spiro atoms. The van der Waals surface area contributed by atoms with Crippen molar-refractivity contribution in [2.75, 3.05) is 19.6 Å². The Morgan fingerprint density at radius 3 is 2.67 bits per heavy atom. The number of aliphatic hydroxyl groups excluding tert-OH is 1. The van der Waals surface area contributed by atoms with Crippen molar-refractivity contribution in [3.63, 3.8) is 0 Å². The third-order valence-corrected chi connectivity index (χ3v) is 9.95. The number of hydrogen-bond donors (Lipinski definition) is 2. The molecule has 2 N–H and O–H groups in total. The van der Waals surface area contributed by atoms with Crippen molar-refractivity contribution >= 4 is 46.9 Å². The molecule has 3 heterocycles. The van der Waals surface area contributed by atoms with Crippen LogP contribution in [-0.2, 0) is 16.2 Å². The molecular formula is C27H27N3O8S2. The number of nitro benzene ring substituents is 1. The smallest absolute Gasteiger partial charge is 0.354 e. The van der Waals surface area contributed by atoms with E-state index in [1.165, 1.54) is 41.4 Å². The summed E-state index contributed by atoms with van der Waals surface area (Å²) < 4.78 is 6.40. The minimum atomic E-state index is -1.17. The summed E-state index contributed by atoms with van der Waals surface area (Å²) in [5.74, 6) is -1.97. The van der Waals surface area contributed by atoms with E-state index in [1.54, 1.807) is 42.5 Å². The number of thioether (sulfide) groups is 2. The number of Topliss-reactive ketones (excluding diaryl/α,β-unsaturated/α-hetero) is 1. The van der Waals surface area contributed by atoms with Gasteiger partial charge in [0, 0.05) is 17.9 Å². The van der Waals surface area contributed by atoms with Crippen molar-refractivity contribution < 1.29 is 34.3 Å². The molecule has 2 fully saturated rings. The van der Waals surface area contributed by atoms with Gasteiger partial charge in [-0.2, -0.15) is 0 Å². The number of nitrogens with zero attached hydrogens (tertiary/aromatic N) is 3. The highest BCUT2D eigenvalue weighted by molar-refractivity contribution is 8.23. The summed E-state index contributed by atoms with van der Waals surface area (Å²) in [6.07, 6.45) is -0.119. The van der Waals surface area contributed by atoms with Gasteiger partial charge in [-0.3, -0.25) is 29.5 Å². The summed E-state index contributed by atoms with van der Waals surface area (Å²) in [7, 11) is 0. The van der Waals surface area contributed by atoms with Crippen LogP contribution in [0.1, 0.15) is 29.3 Å². The van der Waals surface area contributed by atoms with E-state index in [1.807, 2.05) is 4.90 Å². The lowest BCUT2D eigenvalue weighted by atomic mass is 9.92. The van der Waals surface area contributed by atoms with Crippen LogP contribution >= 0.6 is 23.5 Å². The molecular weight excluding hydrogens is 558 g/mol. The van der Waals surface area contributed by atoms with Crippen LogP contribution in [0.15, 0.2) is 58.5 Å². The lowest BCUT2D eigenvalue weighted by Gasteiger charge is -2.43. The highest BCUT2D eigenvalue weighted by Crippen LogP contribution is 2.55. The van der Waals surface area contributed by atoms with Crippen molar-refractivity contribution in [2.45, 2.75) is 36.7 Å². The number of rotatable bonds is 11. The first-order chi connectivity index (χ1) is 19.2. The van der Waals surface area contributed by atoms with Gasteiger partial charge >= 0.3 is 5.97 Å². The molecule has 4 atom stereocenters. The zero-order valence-corrected chi connectivity index (χ0v) is 23.1. The first-order valence-electron chi connectivity index (χ1n) is 12.7. The number of likely N-dealkylation sites (tertiary alicyclic amines) is 1. The number of aliphatic carboxylic acids is 1. The van der Waals surface area contributed by atoms with Crippen LogP contribution in [0.5, 0.6) is 5.75 Å². The van der Waals surface area contributed by atoms with Crippen LogP contribution in [0.2, 0.25) is 0 Å². The molecule has 3 aliphatic heterocycles. The van der Waals surface area contributed by atoms with Gasteiger partial charge in [0.1, 0.15) is 17.7 Å². The number of benzene rings is 2. The summed E-state index contributed by atoms with van der Waals surface area (Å²) in [6, 6.07) is 13.1. The van der Waals surface area contributed by atoms with Crippen molar-refractivity contribution in [1.82, 2.24) is 9.80 Å². The van der Waals surface area contributed by atoms with Crippen LogP contribution in [0.3, 0.4) is 0 Å². The van der Waals surface area contributed by atoms with Gasteiger partial charge in [0.2, 0.25) is 5.91 Å². The molecule has 0 aliphatic carbocycles. The number of β-lactam (4-membered cyclic amide) rings is 1. The van der Waals surface area contributed by atoms with Crippen molar-refractivity contribution in [2.24, 2.45) is 5.92 Å². The van der Waals surface area contributed by atoms with Crippen LogP contribution in [-0.4, -0.2) is 79.0 Å². The Morgan fingerprint density at radius 1 is 1.23 bits per heavy atom. The van der Waals surface area contributed by atoms with Gasteiger partial charge in [-0.1, -0.05) is 36.0 Å². The SMILES string of the molecule is C[C@H](O)[C@@H]1C(=O)N2C(C(=O)O)=C(S[C@H]3CCN(CC(=O)c4ccccc4OCc4ccccc4[N+](=O)[O-])C3)S[C@H]12. The summed E-state index contributed by atoms with van der Waals surface area (Å²) in [5.41, 5.74) is 0.705. The van der Waals surface area contributed by atoms with E-state index in [4.69, 9.17) is 4.74 Å². The zero-order chi connectivity index (χ0) is 28.6. The summed E-state index contributed by atoms with van der Waals surface area (Å²) in [5, 5.41) is 30.6. The van der Waals surface area contributed by atoms with Crippen molar-refractivity contribution in [3.8, 4) is 5.75 Å². The average molecular weight is 586 g/mol. The molecule has 1 amide bonds. The third-order valence-electron chi connectivity index (χ3n) is 7.10. The predicted octanol–water partition coefficient (Wildman–Crippen LogP) is 3.33. The predicted molar refractivity (Wildman–Crippen MR) is 149 cm³/mol. The number of nitro groups is 1. The molecule has 0 unspecified atom stereocenters. The molecule has 0 aromatic heterocycles. The Kier molecular flexibility index (Phi) is 8.17. The molecule has 13 heteroatoms. The number of carbonyl (C=O) groups excluding carboxylic acids is 2. The molecule has 3 aliphatic rings. The second kappa shape index (κ2) is 11.6. The minimum Gasteiger partial charge on any atom is -0.488 e. The largest absolute Gasteiger partial charge is 0.488 e. The maximum absolute atomic E-state index is 13.2. The third kappa shape index (κ3) is 5.46. The number of ketones is 1. The number of hydrogen-bond acceptors (Lipinski definition) is 10. The van der Waals surface area contributed by atoms with E-state index in [0.29, 0.717) is 34.2 Å². The quantitative estimate of drug-likeness (QED) is 0.173. The van der Waals surface area contributed by atoms with E-state index >= 15 is 0 Å². The molecule has 0 radical (unpaired) electrons. The molecule has 2 saturated heterocycles. The van der Waals surface area contributed by atoms with Gasteiger partial charge < -0.3 is 14.9 Å². The Balaban J connectivity index is 1.21. The van der Waals surface area contributed by atoms with Gasteiger partial charge in [-0.25, -0.2) is 4.79 Å². The number of carboxylic acid groups (broad SMARTS) is 1. The number of carboxylic acids is 1. The van der Waals surface area contributed by atoms with Gasteiger partial charge in [0.05, 0.1) is 38.9 Å². The standard InChI is InChI=1S/C27H27N3O8S2/c1-15(31)22-24(33)29-23(26(34)35)27(40-25(22)29)39-17-10-11-28(12-17)13-20(32)18-7-3-5-9-21(18)38-14-16-6-2-4-8-19(16)30(36)37/h2-9,15,17,22,25,31H,10-14H2,1H3,(H,34,35)/t15-,17-,22+,25+/m0/s1. The monoisotopic (exact) mass is 585 g/mol. The molecule has 11 nitrogen and oxygen atoms in total. The van der Waals surface area contributed by atoms with Gasteiger partial charge in [0.25, 0.3) is 5.69 Å². The van der Waals surface area contributed by atoms with Crippen LogP contribution < -0.4 is 4.74 Å². The second-order valence-corrected chi connectivity index (χ2v) is 12.5. The molecule has 210 valence electrons. The Bertz CT molecular complexity index is 1400. The van der Waals surface area contributed by atoms with Crippen molar-refractivity contribution in [3.05, 3.63) is 79.7 Å². The topological polar surface area (TPSA) is 151 Å². The Labute approximate surface area is 238 Å². The normalized spacial score (nSPS) is 23.1. The fourth-order valence-electron chi connectivity index (χ4n) is 5.10. The lowest BCUT2D eigenvalue weighted by Crippen LogP contribution is -2.60. The molecule has 0 bridgehead atoms. The van der Waals surface area contributed by atoms with E-state index in [-0.39, 0.29) is 41.5 Å². The van der Waals surface area contributed by atoms with E-state index < -0.39 is 28.3 Å². The van der Waals surface area contributed by atoms with Gasteiger partial charge in [0.15, 0.2) is 11.5 Å². The minimum absolute atomic E-state index is 0.0267. The first-order valence-corrected chi connectivity index (χ1v) is 14.4. The number of para-hydroxylation sites is 2. The molecule has 2 aromatic carbocycles. The van der Waals surface area contributed by atoms with Crippen LogP contribution in [0.25, 0.3) is 0 Å². The maximum Gasteiger partial charge on any atom is 0.354 e. The average Bonchev–Trinajstić information content (AvgIpc) is 3.49. The summed E-state index contributed by atoms with van der Waals surface area (Å²) in [4.78, 5) is 51.7. The number of amides is 1. The van der Waals surface area contributed by atoms with Gasteiger partial charge in [-0.15, -0.1) is 11.8 Å². The van der Waals surface area contributed by atoms with E-state index in [0.717, 1.165) is 6.42 Å². The second-order valence-electron chi connectivity index (χ2n) is 9.78. The highest BCUT2D eigenvalue weighted by Gasteiger charge is 2.58. The molecule has 2 aromatic rings. The van der Waals surface area contributed by atoms with Crippen LogP contribution in [0, 0.1) is 16.0 Å². The highest BCUT2D eigenvalue weighted by atomic mass is 32.2. The molecule has 0 saturated carbocycles. The van der Waals surface area contributed by atoms with Crippen molar-refractivity contribution in [1.29, 1.82) is 0 Å². The number of carbonyl (C=O) groups is 3. The first kappa shape index (κ1) is 28.1. The van der Waals surface area contributed by atoms with Gasteiger partial charge in [-0.05, 0) is 38.1 Å². The fraction of sp³-hybridized carbons (Fsp3) is 0.370.